The Labute approximate surface area is 158 Å². The third-order valence-electron chi connectivity index (χ3n) is 5.69. The smallest absolute Gasteiger partial charge is 0.125 e. The van der Waals surface area contributed by atoms with E-state index in [4.69, 9.17) is 0 Å². The fraction of sp³-hybridized carbons (Fsp3) is 0.409. The second-order valence-corrected chi connectivity index (χ2v) is 7.46. The van der Waals surface area contributed by atoms with Gasteiger partial charge in [0.2, 0.25) is 0 Å². The van der Waals surface area contributed by atoms with Gasteiger partial charge in [0.15, 0.2) is 0 Å². The first-order chi connectivity index (χ1) is 13.1. The first-order valence-electron chi connectivity index (χ1n) is 9.70. The lowest BCUT2D eigenvalue weighted by Crippen LogP contribution is -2.34. The Kier molecular flexibility index (Phi) is 5.21. The number of rotatable bonds is 5. The van der Waals surface area contributed by atoms with E-state index in [-0.39, 0.29) is 11.6 Å². The van der Waals surface area contributed by atoms with E-state index in [0.717, 1.165) is 62.3 Å². The molecule has 2 aromatic carbocycles. The van der Waals surface area contributed by atoms with Crippen molar-refractivity contribution < 1.29 is 8.78 Å². The third kappa shape index (κ3) is 4.03. The van der Waals surface area contributed by atoms with Crippen molar-refractivity contribution in [3.05, 3.63) is 65.5 Å². The normalized spacial score (nSPS) is 16.3. The van der Waals surface area contributed by atoms with Gasteiger partial charge in [-0.15, -0.1) is 0 Å². The van der Waals surface area contributed by atoms with E-state index in [1.54, 1.807) is 12.1 Å². The molecule has 0 N–H and O–H groups in total. The number of fused-ring (bicyclic) bond motifs is 1. The van der Waals surface area contributed by atoms with Crippen LogP contribution >= 0.6 is 0 Å². The van der Waals surface area contributed by atoms with E-state index in [9.17, 15) is 8.78 Å². The standard InChI is InChI=1S/C22H25F2N3/c1-16-25-21-15-20(24)7-8-22(21)27(16)12-2-11-26-13-9-18(10-14-26)17-3-5-19(23)6-4-17/h3-8,15,18H,2,9-14H2,1H3. The molecule has 1 aliphatic rings. The second-order valence-electron chi connectivity index (χ2n) is 7.46. The van der Waals surface area contributed by atoms with Gasteiger partial charge < -0.3 is 9.47 Å². The highest BCUT2D eigenvalue weighted by Crippen LogP contribution is 2.28. The summed E-state index contributed by atoms with van der Waals surface area (Å²) in [6.45, 7) is 6.09. The van der Waals surface area contributed by atoms with Gasteiger partial charge in [-0.05, 0) is 81.6 Å². The average molecular weight is 369 g/mol. The van der Waals surface area contributed by atoms with Crippen molar-refractivity contribution in [2.75, 3.05) is 19.6 Å². The topological polar surface area (TPSA) is 21.1 Å². The van der Waals surface area contributed by atoms with Crippen molar-refractivity contribution in [2.45, 2.75) is 38.6 Å². The number of hydrogen-bond acceptors (Lipinski definition) is 2. The SMILES string of the molecule is Cc1nc2cc(F)ccc2n1CCCN1CCC(c2ccc(F)cc2)CC1. The molecular weight excluding hydrogens is 344 g/mol. The van der Waals surface area contributed by atoms with Gasteiger partial charge in [-0.25, -0.2) is 13.8 Å². The van der Waals surface area contributed by atoms with Gasteiger partial charge >= 0.3 is 0 Å². The van der Waals surface area contributed by atoms with Gasteiger partial charge in [0.1, 0.15) is 17.5 Å². The van der Waals surface area contributed by atoms with E-state index in [1.165, 1.54) is 17.7 Å². The Morgan fingerprint density at radius 1 is 0.963 bits per heavy atom. The first kappa shape index (κ1) is 18.1. The number of hydrogen-bond donors (Lipinski definition) is 0. The van der Waals surface area contributed by atoms with Crippen LogP contribution < -0.4 is 0 Å². The van der Waals surface area contributed by atoms with Crippen molar-refractivity contribution in [2.24, 2.45) is 0 Å². The van der Waals surface area contributed by atoms with E-state index in [2.05, 4.69) is 14.5 Å². The molecule has 4 rings (SSSR count). The van der Waals surface area contributed by atoms with Crippen LogP contribution in [0.3, 0.4) is 0 Å². The fourth-order valence-corrected chi connectivity index (χ4v) is 4.18. The Balaban J connectivity index is 1.29. The number of aromatic nitrogens is 2. The summed E-state index contributed by atoms with van der Waals surface area (Å²) in [6, 6.07) is 11.8. The molecule has 3 aromatic rings. The quantitative estimate of drug-likeness (QED) is 0.638. The molecule has 0 bridgehead atoms. The van der Waals surface area contributed by atoms with Crippen LogP contribution in [-0.2, 0) is 6.54 Å². The average Bonchev–Trinajstić information content (AvgIpc) is 2.97. The van der Waals surface area contributed by atoms with Gasteiger partial charge in [0.05, 0.1) is 11.0 Å². The second kappa shape index (κ2) is 7.77. The largest absolute Gasteiger partial charge is 0.328 e. The highest BCUT2D eigenvalue weighted by atomic mass is 19.1. The van der Waals surface area contributed by atoms with E-state index in [1.807, 2.05) is 25.1 Å². The molecule has 0 unspecified atom stereocenters. The summed E-state index contributed by atoms with van der Waals surface area (Å²) in [5.74, 6) is 1.07. The lowest BCUT2D eigenvalue weighted by Gasteiger charge is -2.32. The summed E-state index contributed by atoms with van der Waals surface area (Å²) in [5, 5.41) is 0. The molecular formula is C22H25F2N3. The van der Waals surface area contributed by atoms with Crippen LogP contribution in [0.4, 0.5) is 8.78 Å². The minimum atomic E-state index is -0.240. The zero-order valence-electron chi connectivity index (χ0n) is 15.7. The van der Waals surface area contributed by atoms with Crippen molar-refractivity contribution >= 4 is 11.0 Å². The Hall–Kier alpha value is -2.27. The summed E-state index contributed by atoms with van der Waals surface area (Å²) in [5.41, 5.74) is 2.99. The summed E-state index contributed by atoms with van der Waals surface area (Å²) in [4.78, 5) is 6.98. The number of imidazole rings is 1. The van der Waals surface area contributed by atoms with E-state index in [0.29, 0.717) is 5.92 Å². The Morgan fingerprint density at radius 3 is 2.41 bits per heavy atom. The van der Waals surface area contributed by atoms with Crippen LogP contribution in [0, 0.1) is 18.6 Å². The van der Waals surface area contributed by atoms with Crippen LogP contribution in [-0.4, -0.2) is 34.1 Å². The monoisotopic (exact) mass is 369 g/mol. The molecule has 0 amide bonds. The highest BCUT2D eigenvalue weighted by Gasteiger charge is 2.20. The first-order valence-corrected chi connectivity index (χ1v) is 9.70. The molecule has 142 valence electrons. The van der Waals surface area contributed by atoms with Gasteiger partial charge in [0.25, 0.3) is 0 Å². The lowest BCUT2D eigenvalue weighted by molar-refractivity contribution is 0.207. The predicted octanol–water partition coefficient (Wildman–Crippen LogP) is 4.89. The predicted molar refractivity (Wildman–Crippen MR) is 104 cm³/mol. The van der Waals surface area contributed by atoms with Crippen LogP contribution in [0.1, 0.15) is 36.6 Å². The zero-order valence-corrected chi connectivity index (χ0v) is 15.7. The molecule has 1 aliphatic heterocycles. The fourth-order valence-electron chi connectivity index (χ4n) is 4.18. The van der Waals surface area contributed by atoms with Crippen molar-refractivity contribution in [1.82, 2.24) is 14.5 Å². The zero-order chi connectivity index (χ0) is 18.8. The maximum absolute atomic E-state index is 13.4. The van der Waals surface area contributed by atoms with Crippen LogP contribution in [0.25, 0.3) is 11.0 Å². The van der Waals surface area contributed by atoms with E-state index >= 15 is 0 Å². The number of aryl methyl sites for hydroxylation is 2. The molecule has 1 saturated heterocycles. The number of nitrogens with zero attached hydrogens (tertiary/aromatic N) is 3. The van der Waals surface area contributed by atoms with Crippen LogP contribution in [0.2, 0.25) is 0 Å². The number of likely N-dealkylation sites (tertiary alicyclic amines) is 1. The highest BCUT2D eigenvalue weighted by molar-refractivity contribution is 5.76. The third-order valence-corrected chi connectivity index (χ3v) is 5.69. The van der Waals surface area contributed by atoms with Crippen LogP contribution in [0.5, 0.6) is 0 Å². The van der Waals surface area contributed by atoms with Gasteiger partial charge in [0, 0.05) is 12.6 Å². The van der Waals surface area contributed by atoms with Crippen LogP contribution in [0.15, 0.2) is 42.5 Å². The van der Waals surface area contributed by atoms with E-state index < -0.39 is 0 Å². The lowest BCUT2D eigenvalue weighted by atomic mass is 9.89. The summed E-state index contributed by atoms with van der Waals surface area (Å²) < 4.78 is 28.6. The van der Waals surface area contributed by atoms with Gasteiger partial charge in [-0.1, -0.05) is 12.1 Å². The summed E-state index contributed by atoms with van der Waals surface area (Å²) in [6.07, 6.45) is 3.29. The maximum atomic E-state index is 13.4. The molecule has 0 saturated carbocycles. The minimum Gasteiger partial charge on any atom is -0.328 e. The van der Waals surface area contributed by atoms with Gasteiger partial charge in [-0.2, -0.15) is 0 Å². The molecule has 0 radical (unpaired) electrons. The molecule has 0 atom stereocenters. The molecule has 3 nitrogen and oxygen atoms in total. The summed E-state index contributed by atoms with van der Waals surface area (Å²) in [7, 11) is 0. The van der Waals surface area contributed by atoms with Crippen molar-refractivity contribution in [3.8, 4) is 0 Å². The van der Waals surface area contributed by atoms with Crippen molar-refractivity contribution in [3.63, 3.8) is 0 Å². The molecule has 27 heavy (non-hydrogen) atoms. The number of halogens is 2. The summed E-state index contributed by atoms with van der Waals surface area (Å²) >= 11 is 0. The van der Waals surface area contributed by atoms with Gasteiger partial charge in [-0.3, -0.25) is 0 Å². The maximum Gasteiger partial charge on any atom is 0.125 e. The molecule has 2 heterocycles. The molecule has 1 fully saturated rings. The number of piperidine rings is 1. The molecule has 0 spiro atoms. The number of benzene rings is 2. The Bertz CT molecular complexity index is 909. The molecule has 5 heteroatoms. The van der Waals surface area contributed by atoms with Crippen molar-refractivity contribution in [1.29, 1.82) is 0 Å². The molecule has 0 aliphatic carbocycles. The minimum absolute atomic E-state index is 0.166. The Morgan fingerprint density at radius 2 is 1.67 bits per heavy atom. The molecule has 1 aromatic heterocycles.